The van der Waals surface area contributed by atoms with Crippen molar-refractivity contribution >= 4 is 23.4 Å². The molecule has 0 atom stereocenters. The quantitative estimate of drug-likeness (QED) is 0.451. The third-order valence-electron chi connectivity index (χ3n) is 5.27. The fourth-order valence-corrected chi connectivity index (χ4v) is 3.58. The standard InChI is InChI=1S/C24H28N8O4/c1-5-32(24(33)28-20-10-19(30-36-15(2)3)16(11-25)12-26-20)21-7-6-18(17-13-27-31(4)14-17)22(29-21)23-34-8-9-35-23/h6-7,10,12-15,23H,5,8-9H2,1-4H3,(H2,26,28,30,33). The number of aryl methyl sites for hydroxylation is 1. The lowest BCUT2D eigenvalue weighted by molar-refractivity contribution is -0.0467. The Labute approximate surface area is 208 Å². The number of nitrogens with one attached hydrogen (secondary N) is 2. The zero-order valence-electron chi connectivity index (χ0n) is 20.6. The predicted octanol–water partition coefficient (Wildman–Crippen LogP) is 3.60. The maximum absolute atomic E-state index is 13.2. The van der Waals surface area contributed by atoms with Crippen LogP contribution in [0.3, 0.4) is 0 Å². The van der Waals surface area contributed by atoms with E-state index in [0.717, 1.165) is 11.1 Å². The monoisotopic (exact) mass is 492 g/mol. The first-order valence-corrected chi connectivity index (χ1v) is 11.5. The molecule has 2 amide bonds. The number of nitriles is 1. The molecule has 0 saturated carbocycles. The van der Waals surface area contributed by atoms with E-state index in [2.05, 4.69) is 20.9 Å². The highest BCUT2D eigenvalue weighted by Crippen LogP contribution is 2.33. The highest BCUT2D eigenvalue weighted by molar-refractivity contribution is 6.01. The van der Waals surface area contributed by atoms with Gasteiger partial charge in [0.05, 0.1) is 36.8 Å². The van der Waals surface area contributed by atoms with Crippen molar-refractivity contribution in [3.63, 3.8) is 0 Å². The first kappa shape index (κ1) is 25.1. The molecule has 0 aromatic carbocycles. The average molecular weight is 493 g/mol. The Bertz CT molecular complexity index is 1260. The summed E-state index contributed by atoms with van der Waals surface area (Å²) in [6.07, 6.45) is 4.24. The number of ether oxygens (including phenoxy) is 2. The van der Waals surface area contributed by atoms with E-state index in [0.29, 0.717) is 37.0 Å². The summed E-state index contributed by atoms with van der Waals surface area (Å²) < 4.78 is 13.1. The highest BCUT2D eigenvalue weighted by atomic mass is 16.7. The van der Waals surface area contributed by atoms with Gasteiger partial charge in [0.25, 0.3) is 0 Å². The van der Waals surface area contributed by atoms with Crippen LogP contribution in [0.4, 0.5) is 22.1 Å². The molecule has 1 fully saturated rings. The lowest BCUT2D eigenvalue weighted by Crippen LogP contribution is -2.36. The first-order chi connectivity index (χ1) is 17.4. The van der Waals surface area contributed by atoms with Crippen LogP contribution in [0.25, 0.3) is 11.1 Å². The number of carbonyl (C=O) groups excluding carboxylic acids is 1. The molecule has 0 unspecified atom stereocenters. The second kappa shape index (κ2) is 11.1. The third-order valence-corrected chi connectivity index (χ3v) is 5.27. The summed E-state index contributed by atoms with van der Waals surface area (Å²) >= 11 is 0. The van der Waals surface area contributed by atoms with E-state index in [4.69, 9.17) is 19.3 Å². The lowest BCUT2D eigenvalue weighted by Gasteiger charge is -2.23. The molecule has 0 bridgehead atoms. The average Bonchev–Trinajstić information content (AvgIpc) is 3.55. The van der Waals surface area contributed by atoms with Crippen LogP contribution in [0, 0.1) is 11.3 Å². The van der Waals surface area contributed by atoms with Crippen LogP contribution in [0.15, 0.2) is 36.8 Å². The molecular weight excluding hydrogens is 464 g/mol. The van der Waals surface area contributed by atoms with Crippen molar-refractivity contribution in [1.29, 1.82) is 5.26 Å². The SMILES string of the molecule is CCN(C(=O)Nc1cc(NOC(C)C)c(C#N)cn1)c1ccc(-c2cnn(C)c2)c(C2OCCO2)n1. The van der Waals surface area contributed by atoms with E-state index >= 15 is 0 Å². The molecule has 3 aromatic heterocycles. The summed E-state index contributed by atoms with van der Waals surface area (Å²) in [4.78, 5) is 29.0. The van der Waals surface area contributed by atoms with Gasteiger partial charge in [0.2, 0.25) is 6.29 Å². The van der Waals surface area contributed by atoms with Crippen LogP contribution in [-0.4, -0.2) is 51.6 Å². The van der Waals surface area contributed by atoms with Crippen LogP contribution >= 0.6 is 0 Å². The second-order valence-electron chi connectivity index (χ2n) is 8.25. The second-order valence-corrected chi connectivity index (χ2v) is 8.25. The molecule has 12 heteroatoms. The number of hydrogen-bond acceptors (Lipinski definition) is 9. The van der Waals surface area contributed by atoms with E-state index in [1.807, 2.05) is 46.2 Å². The van der Waals surface area contributed by atoms with E-state index in [1.54, 1.807) is 16.9 Å². The number of carbonyl (C=O) groups is 1. The van der Waals surface area contributed by atoms with Crippen LogP contribution in [0.5, 0.6) is 0 Å². The maximum Gasteiger partial charge on any atom is 0.328 e. The summed E-state index contributed by atoms with van der Waals surface area (Å²) in [6.45, 7) is 6.81. The van der Waals surface area contributed by atoms with Crippen LogP contribution in [-0.2, 0) is 21.4 Å². The van der Waals surface area contributed by atoms with Crippen molar-refractivity contribution in [2.45, 2.75) is 33.2 Å². The van der Waals surface area contributed by atoms with Gasteiger partial charge in [-0.25, -0.2) is 14.8 Å². The van der Waals surface area contributed by atoms with Crippen molar-refractivity contribution in [2.24, 2.45) is 7.05 Å². The van der Waals surface area contributed by atoms with Gasteiger partial charge >= 0.3 is 6.03 Å². The Morgan fingerprint density at radius 3 is 2.75 bits per heavy atom. The third kappa shape index (κ3) is 5.60. The molecule has 1 aliphatic rings. The van der Waals surface area contributed by atoms with Crippen molar-refractivity contribution in [1.82, 2.24) is 19.7 Å². The minimum absolute atomic E-state index is 0.110. The van der Waals surface area contributed by atoms with Crippen molar-refractivity contribution in [3.05, 3.63) is 48.0 Å². The molecule has 36 heavy (non-hydrogen) atoms. The van der Waals surface area contributed by atoms with Gasteiger partial charge in [-0.1, -0.05) is 0 Å². The van der Waals surface area contributed by atoms with Gasteiger partial charge in [-0.2, -0.15) is 10.4 Å². The molecule has 4 rings (SSSR count). The molecule has 3 aromatic rings. The van der Waals surface area contributed by atoms with Gasteiger partial charge < -0.3 is 9.47 Å². The first-order valence-electron chi connectivity index (χ1n) is 11.5. The maximum atomic E-state index is 13.2. The number of anilines is 3. The van der Waals surface area contributed by atoms with E-state index < -0.39 is 12.3 Å². The minimum atomic E-state index is -0.642. The summed E-state index contributed by atoms with van der Waals surface area (Å²) in [5, 5.41) is 16.3. The van der Waals surface area contributed by atoms with Gasteiger partial charge in [-0.3, -0.25) is 25.2 Å². The molecule has 12 nitrogen and oxygen atoms in total. The van der Waals surface area contributed by atoms with Gasteiger partial charge in [0.15, 0.2) is 0 Å². The number of amides is 2. The molecule has 0 radical (unpaired) electrons. The topological polar surface area (TPSA) is 139 Å². The number of urea groups is 1. The molecule has 1 saturated heterocycles. The molecule has 0 aliphatic carbocycles. The summed E-state index contributed by atoms with van der Waals surface area (Å²) in [6, 6.07) is 6.78. The molecule has 1 aliphatic heterocycles. The van der Waals surface area contributed by atoms with Gasteiger partial charge in [0.1, 0.15) is 23.4 Å². The highest BCUT2D eigenvalue weighted by Gasteiger charge is 2.26. The Hall–Kier alpha value is -4.05. The zero-order valence-corrected chi connectivity index (χ0v) is 20.6. The Kier molecular flexibility index (Phi) is 7.74. The van der Waals surface area contributed by atoms with E-state index in [-0.39, 0.29) is 17.5 Å². The van der Waals surface area contributed by atoms with E-state index in [9.17, 15) is 10.1 Å². The van der Waals surface area contributed by atoms with Crippen LogP contribution < -0.4 is 15.7 Å². The Morgan fingerprint density at radius 1 is 1.33 bits per heavy atom. The number of hydrogen-bond donors (Lipinski definition) is 2. The molecule has 0 spiro atoms. The summed E-state index contributed by atoms with van der Waals surface area (Å²) in [5.41, 5.74) is 5.67. The number of rotatable bonds is 8. The van der Waals surface area contributed by atoms with Crippen molar-refractivity contribution in [2.75, 3.05) is 35.5 Å². The van der Waals surface area contributed by atoms with Crippen molar-refractivity contribution < 1.29 is 19.1 Å². The fourth-order valence-electron chi connectivity index (χ4n) is 3.58. The zero-order chi connectivity index (χ0) is 25.7. The Morgan fingerprint density at radius 2 is 2.11 bits per heavy atom. The normalized spacial score (nSPS) is 13.6. The molecule has 4 heterocycles. The summed E-state index contributed by atoms with van der Waals surface area (Å²) in [7, 11) is 1.84. The summed E-state index contributed by atoms with van der Waals surface area (Å²) in [5.74, 6) is 0.675. The number of nitrogens with zero attached hydrogens (tertiary/aromatic N) is 6. The Balaban J connectivity index is 1.60. The van der Waals surface area contributed by atoms with Gasteiger partial charge in [0, 0.05) is 43.2 Å². The van der Waals surface area contributed by atoms with E-state index in [1.165, 1.54) is 17.2 Å². The smallest absolute Gasteiger partial charge is 0.328 e. The fraction of sp³-hybridized carbons (Fsp3) is 0.375. The lowest BCUT2D eigenvalue weighted by atomic mass is 10.1. The molecular formula is C24H28N8O4. The predicted molar refractivity (Wildman–Crippen MR) is 132 cm³/mol. The minimum Gasteiger partial charge on any atom is -0.345 e. The number of pyridine rings is 2. The van der Waals surface area contributed by atoms with Crippen LogP contribution in [0.1, 0.15) is 38.3 Å². The molecule has 188 valence electrons. The van der Waals surface area contributed by atoms with Gasteiger partial charge in [-0.15, -0.1) is 0 Å². The largest absolute Gasteiger partial charge is 0.345 e. The van der Waals surface area contributed by atoms with Crippen molar-refractivity contribution in [3.8, 4) is 17.2 Å². The molecule has 2 N–H and O–H groups in total. The van der Waals surface area contributed by atoms with Crippen LogP contribution in [0.2, 0.25) is 0 Å². The van der Waals surface area contributed by atoms with Gasteiger partial charge in [-0.05, 0) is 32.9 Å². The number of aromatic nitrogens is 4.